The van der Waals surface area contributed by atoms with E-state index in [1.807, 2.05) is 18.7 Å². The summed E-state index contributed by atoms with van der Waals surface area (Å²) in [4.78, 5) is 0. The number of nitrogens with zero attached hydrogens (tertiary/aromatic N) is 2. The van der Waals surface area contributed by atoms with Crippen LogP contribution >= 0.6 is 15.9 Å². The molecule has 0 fully saturated rings. The molecule has 1 heterocycles. The lowest BCUT2D eigenvalue weighted by Gasteiger charge is -2.09. The molecule has 0 amide bonds. The van der Waals surface area contributed by atoms with Gasteiger partial charge < -0.3 is 5.32 Å². The van der Waals surface area contributed by atoms with Gasteiger partial charge in [-0.15, -0.1) is 0 Å². The highest BCUT2D eigenvalue weighted by atomic mass is 79.9. The molecule has 96 valence electrons. The van der Waals surface area contributed by atoms with Crippen molar-refractivity contribution in [1.29, 1.82) is 0 Å². The molecule has 2 aromatic rings. The zero-order valence-electron chi connectivity index (χ0n) is 11.2. The quantitative estimate of drug-likeness (QED) is 0.936. The molecule has 0 saturated heterocycles. The highest BCUT2D eigenvalue weighted by Gasteiger charge is 2.09. The van der Waals surface area contributed by atoms with Crippen molar-refractivity contribution in [3.8, 4) is 0 Å². The minimum Gasteiger partial charge on any atom is -0.379 e. The van der Waals surface area contributed by atoms with Crippen LogP contribution in [0.5, 0.6) is 0 Å². The van der Waals surface area contributed by atoms with E-state index in [2.05, 4.69) is 58.4 Å². The Balaban J connectivity index is 2.14. The number of aromatic nitrogens is 2. The third-order valence-electron chi connectivity index (χ3n) is 3.23. The van der Waals surface area contributed by atoms with Crippen LogP contribution in [0.2, 0.25) is 0 Å². The Bertz CT molecular complexity index is 573. The van der Waals surface area contributed by atoms with Crippen molar-refractivity contribution in [2.24, 2.45) is 7.05 Å². The number of halogens is 1. The summed E-state index contributed by atoms with van der Waals surface area (Å²) in [5, 5.41) is 7.82. The van der Waals surface area contributed by atoms with Crippen LogP contribution in [0.1, 0.15) is 22.5 Å². The highest BCUT2D eigenvalue weighted by molar-refractivity contribution is 9.10. The van der Waals surface area contributed by atoms with Gasteiger partial charge in [-0.1, -0.05) is 6.07 Å². The van der Waals surface area contributed by atoms with Crippen molar-refractivity contribution in [2.75, 3.05) is 5.32 Å². The first-order chi connectivity index (χ1) is 8.49. The van der Waals surface area contributed by atoms with Gasteiger partial charge >= 0.3 is 0 Å². The van der Waals surface area contributed by atoms with E-state index in [4.69, 9.17) is 0 Å². The maximum absolute atomic E-state index is 4.38. The minimum absolute atomic E-state index is 0.764. The molecule has 0 unspecified atom stereocenters. The van der Waals surface area contributed by atoms with Crippen LogP contribution in [0.3, 0.4) is 0 Å². The van der Waals surface area contributed by atoms with E-state index >= 15 is 0 Å². The van der Waals surface area contributed by atoms with E-state index in [0.29, 0.717) is 0 Å². The van der Waals surface area contributed by atoms with Crippen LogP contribution in [0.15, 0.2) is 22.7 Å². The molecule has 0 atom stereocenters. The molecule has 4 heteroatoms. The molecule has 1 N–H and O–H groups in total. The Morgan fingerprint density at radius 1 is 1.22 bits per heavy atom. The summed E-state index contributed by atoms with van der Waals surface area (Å²) in [7, 11) is 1.97. The van der Waals surface area contributed by atoms with Crippen LogP contribution < -0.4 is 5.32 Å². The van der Waals surface area contributed by atoms with Crippen LogP contribution in [-0.2, 0) is 13.6 Å². The van der Waals surface area contributed by atoms with Crippen molar-refractivity contribution in [2.45, 2.75) is 27.3 Å². The monoisotopic (exact) mass is 307 g/mol. The normalized spacial score (nSPS) is 10.7. The van der Waals surface area contributed by atoms with Gasteiger partial charge in [0.25, 0.3) is 0 Å². The predicted molar refractivity (Wildman–Crippen MR) is 78.9 cm³/mol. The van der Waals surface area contributed by atoms with Crippen molar-refractivity contribution in [3.63, 3.8) is 0 Å². The summed E-state index contributed by atoms with van der Waals surface area (Å²) < 4.78 is 2.99. The fourth-order valence-corrected chi connectivity index (χ4v) is 2.39. The van der Waals surface area contributed by atoms with Crippen molar-refractivity contribution < 1.29 is 0 Å². The summed E-state index contributed by atoms with van der Waals surface area (Å²) in [6.07, 6.45) is 0. The third kappa shape index (κ3) is 2.58. The van der Waals surface area contributed by atoms with Crippen LogP contribution in [-0.4, -0.2) is 9.78 Å². The molecule has 0 aliphatic heterocycles. The number of anilines is 1. The first kappa shape index (κ1) is 13.1. The topological polar surface area (TPSA) is 29.9 Å². The summed E-state index contributed by atoms with van der Waals surface area (Å²) in [6.45, 7) is 7.02. The second-order valence-corrected chi connectivity index (χ2v) is 5.42. The largest absolute Gasteiger partial charge is 0.379 e. The smallest absolute Gasteiger partial charge is 0.0739 e. The molecular formula is C14H18BrN3. The third-order valence-corrected chi connectivity index (χ3v) is 4.26. The number of rotatable bonds is 3. The van der Waals surface area contributed by atoms with Crippen molar-refractivity contribution >= 4 is 21.6 Å². The number of nitrogens with one attached hydrogen (secondary N) is 1. The number of benzene rings is 1. The molecule has 0 saturated carbocycles. The molecule has 1 aromatic heterocycles. The first-order valence-corrected chi connectivity index (χ1v) is 6.77. The molecule has 1 aromatic carbocycles. The second kappa shape index (κ2) is 5.14. The lowest BCUT2D eigenvalue weighted by atomic mass is 10.1. The number of aryl methyl sites for hydroxylation is 4. The van der Waals surface area contributed by atoms with Gasteiger partial charge in [0.2, 0.25) is 0 Å². The minimum atomic E-state index is 0.764. The average molecular weight is 308 g/mol. The van der Waals surface area contributed by atoms with Gasteiger partial charge in [-0.05, 0) is 60.0 Å². The zero-order chi connectivity index (χ0) is 13.3. The first-order valence-electron chi connectivity index (χ1n) is 5.98. The second-order valence-electron chi connectivity index (χ2n) is 4.62. The SMILES string of the molecule is Cc1ccc(NCc2c(Br)c(C)nn2C)cc1C. The molecule has 2 rings (SSSR count). The van der Waals surface area contributed by atoms with Gasteiger partial charge in [-0.2, -0.15) is 5.10 Å². The van der Waals surface area contributed by atoms with E-state index < -0.39 is 0 Å². The van der Waals surface area contributed by atoms with E-state index in [1.165, 1.54) is 11.1 Å². The van der Waals surface area contributed by atoms with Gasteiger partial charge in [0.15, 0.2) is 0 Å². The predicted octanol–water partition coefficient (Wildman–Crippen LogP) is 3.72. The van der Waals surface area contributed by atoms with Gasteiger partial charge in [-0.25, -0.2) is 0 Å². The molecule has 3 nitrogen and oxygen atoms in total. The van der Waals surface area contributed by atoms with Crippen LogP contribution in [0, 0.1) is 20.8 Å². The van der Waals surface area contributed by atoms with E-state index in [1.54, 1.807) is 0 Å². The summed E-state index contributed by atoms with van der Waals surface area (Å²) >= 11 is 3.58. The summed E-state index contributed by atoms with van der Waals surface area (Å²) in [5.41, 5.74) is 5.95. The fourth-order valence-electron chi connectivity index (χ4n) is 1.91. The maximum Gasteiger partial charge on any atom is 0.0739 e. The summed E-state index contributed by atoms with van der Waals surface area (Å²) in [5.74, 6) is 0. The van der Waals surface area contributed by atoms with Gasteiger partial charge in [0.1, 0.15) is 0 Å². The summed E-state index contributed by atoms with van der Waals surface area (Å²) in [6, 6.07) is 6.42. The molecule has 0 aliphatic rings. The number of hydrogen-bond donors (Lipinski definition) is 1. The zero-order valence-corrected chi connectivity index (χ0v) is 12.8. The molecule has 0 bridgehead atoms. The molecule has 0 aliphatic carbocycles. The fraction of sp³-hybridized carbons (Fsp3) is 0.357. The van der Waals surface area contributed by atoms with Gasteiger partial charge in [-0.3, -0.25) is 4.68 Å². The average Bonchev–Trinajstić information content (AvgIpc) is 2.56. The molecule has 18 heavy (non-hydrogen) atoms. The van der Waals surface area contributed by atoms with Gasteiger partial charge in [0, 0.05) is 12.7 Å². The Hall–Kier alpha value is -1.29. The van der Waals surface area contributed by atoms with Crippen molar-refractivity contribution in [3.05, 3.63) is 45.2 Å². The Morgan fingerprint density at radius 2 is 1.94 bits per heavy atom. The van der Waals surface area contributed by atoms with E-state index in [9.17, 15) is 0 Å². The highest BCUT2D eigenvalue weighted by Crippen LogP contribution is 2.22. The Morgan fingerprint density at radius 3 is 2.50 bits per heavy atom. The van der Waals surface area contributed by atoms with Gasteiger partial charge in [0.05, 0.1) is 22.4 Å². The maximum atomic E-state index is 4.38. The standard InChI is InChI=1S/C14H18BrN3/c1-9-5-6-12(7-10(9)2)16-8-13-14(15)11(3)17-18(13)4/h5-7,16H,8H2,1-4H3. The lowest BCUT2D eigenvalue weighted by Crippen LogP contribution is -2.06. The molecule has 0 radical (unpaired) electrons. The van der Waals surface area contributed by atoms with Crippen molar-refractivity contribution in [1.82, 2.24) is 9.78 Å². The van der Waals surface area contributed by atoms with E-state index in [0.717, 1.165) is 28.1 Å². The lowest BCUT2D eigenvalue weighted by molar-refractivity contribution is 0.712. The number of hydrogen-bond acceptors (Lipinski definition) is 2. The van der Waals surface area contributed by atoms with E-state index in [-0.39, 0.29) is 0 Å². The Kier molecular flexibility index (Phi) is 3.76. The Labute approximate surface area is 116 Å². The molecular weight excluding hydrogens is 290 g/mol. The van der Waals surface area contributed by atoms with Crippen LogP contribution in [0.4, 0.5) is 5.69 Å². The van der Waals surface area contributed by atoms with Crippen LogP contribution in [0.25, 0.3) is 0 Å². The molecule has 0 spiro atoms.